The molecule has 1 N–H and O–H groups in total. The first-order valence-corrected chi connectivity index (χ1v) is 8.51. The molecular formula is C13H9N3OS3. The minimum atomic E-state index is -0.0674. The fourth-order valence-electron chi connectivity index (χ4n) is 2.04. The number of imidazole rings is 1. The van der Waals surface area contributed by atoms with Crippen LogP contribution >= 0.6 is 34.0 Å². The molecule has 0 fully saturated rings. The fraction of sp³-hybridized carbons (Fsp3) is 0.0769. The Morgan fingerprint density at radius 2 is 1.85 bits per heavy atom. The number of aliphatic hydroxyl groups excluding tert-OH is 1. The van der Waals surface area contributed by atoms with Crippen LogP contribution < -0.4 is 0 Å². The zero-order chi connectivity index (χ0) is 13.5. The van der Waals surface area contributed by atoms with Crippen molar-refractivity contribution in [3.63, 3.8) is 0 Å². The molecule has 0 aromatic carbocycles. The lowest BCUT2D eigenvalue weighted by molar-refractivity contribution is 0.275. The van der Waals surface area contributed by atoms with E-state index in [1.54, 1.807) is 38.5 Å². The molecule has 0 saturated heterocycles. The Morgan fingerprint density at radius 1 is 1.10 bits per heavy atom. The van der Waals surface area contributed by atoms with Gasteiger partial charge in [0.25, 0.3) is 0 Å². The van der Waals surface area contributed by atoms with Crippen LogP contribution in [0.1, 0.15) is 5.69 Å². The maximum atomic E-state index is 9.66. The van der Waals surface area contributed by atoms with Crippen molar-refractivity contribution in [2.45, 2.75) is 6.61 Å². The second kappa shape index (κ2) is 4.78. The molecule has 4 aromatic heterocycles. The Labute approximate surface area is 126 Å². The molecule has 0 unspecified atom stereocenters. The molecule has 0 bridgehead atoms. The lowest BCUT2D eigenvalue weighted by Gasteiger charge is -1.96. The van der Waals surface area contributed by atoms with Gasteiger partial charge in [0.05, 0.1) is 22.1 Å². The van der Waals surface area contributed by atoms with Gasteiger partial charge < -0.3 is 5.11 Å². The molecule has 0 aliphatic heterocycles. The van der Waals surface area contributed by atoms with Crippen LogP contribution in [0.15, 0.2) is 35.0 Å². The molecule has 0 saturated carbocycles. The van der Waals surface area contributed by atoms with Gasteiger partial charge in [-0.3, -0.25) is 0 Å². The van der Waals surface area contributed by atoms with Gasteiger partial charge in [0.2, 0.25) is 4.96 Å². The van der Waals surface area contributed by atoms with E-state index < -0.39 is 0 Å². The standard InChI is InChI=1S/C13H9N3OS3/c17-7-8-11(9-3-1-5-18-9)14-13-16(8)15-12(20-13)10-4-2-6-19-10/h1-6,17H,7H2. The quantitative estimate of drug-likeness (QED) is 0.626. The maximum Gasteiger partial charge on any atom is 0.213 e. The number of hydrogen-bond acceptors (Lipinski definition) is 6. The van der Waals surface area contributed by atoms with Crippen molar-refractivity contribution in [1.82, 2.24) is 14.6 Å². The van der Waals surface area contributed by atoms with Gasteiger partial charge in [-0.1, -0.05) is 23.5 Å². The van der Waals surface area contributed by atoms with E-state index in [0.29, 0.717) is 0 Å². The predicted molar refractivity (Wildman–Crippen MR) is 83.4 cm³/mol. The van der Waals surface area contributed by atoms with Crippen molar-refractivity contribution in [2.75, 3.05) is 0 Å². The summed E-state index contributed by atoms with van der Waals surface area (Å²) in [5.41, 5.74) is 1.58. The van der Waals surface area contributed by atoms with Gasteiger partial charge in [0, 0.05) is 0 Å². The Kier molecular flexibility index (Phi) is 2.92. The van der Waals surface area contributed by atoms with Gasteiger partial charge in [-0.25, -0.2) is 9.50 Å². The number of hydrogen-bond donors (Lipinski definition) is 1. The van der Waals surface area contributed by atoms with Gasteiger partial charge >= 0.3 is 0 Å². The van der Waals surface area contributed by atoms with Crippen molar-refractivity contribution >= 4 is 39.0 Å². The SMILES string of the molecule is OCc1c(-c2cccs2)nc2sc(-c3cccs3)nn12. The third kappa shape index (κ3) is 1.82. The molecule has 0 amide bonds. The normalized spacial score (nSPS) is 11.4. The van der Waals surface area contributed by atoms with Crippen molar-refractivity contribution in [3.05, 3.63) is 40.7 Å². The maximum absolute atomic E-state index is 9.66. The number of aromatic nitrogens is 3. The lowest BCUT2D eigenvalue weighted by atomic mass is 10.3. The van der Waals surface area contributed by atoms with Crippen LogP contribution in [0.5, 0.6) is 0 Å². The summed E-state index contributed by atoms with van der Waals surface area (Å²) in [6.45, 7) is -0.0674. The minimum absolute atomic E-state index is 0.0674. The van der Waals surface area contributed by atoms with Crippen molar-refractivity contribution in [3.8, 4) is 20.5 Å². The minimum Gasteiger partial charge on any atom is -0.390 e. The van der Waals surface area contributed by atoms with Gasteiger partial charge in [-0.2, -0.15) is 5.10 Å². The van der Waals surface area contributed by atoms with E-state index in [1.807, 2.05) is 35.0 Å². The Hall–Kier alpha value is -1.54. The first-order chi connectivity index (χ1) is 9.86. The fourth-order valence-corrected chi connectivity index (χ4v) is 4.49. The lowest BCUT2D eigenvalue weighted by Crippen LogP contribution is -1.94. The number of nitrogens with zero attached hydrogens (tertiary/aromatic N) is 3. The first kappa shape index (κ1) is 12.2. The largest absolute Gasteiger partial charge is 0.390 e. The summed E-state index contributed by atoms with van der Waals surface area (Å²) >= 11 is 4.82. The molecule has 4 heterocycles. The summed E-state index contributed by atoms with van der Waals surface area (Å²) in [4.78, 5) is 7.64. The molecule has 4 nitrogen and oxygen atoms in total. The van der Waals surface area contributed by atoms with Gasteiger partial charge in [-0.15, -0.1) is 22.7 Å². The highest BCUT2D eigenvalue weighted by atomic mass is 32.1. The Balaban J connectivity index is 1.91. The van der Waals surface area contributed by atoms with E-state index in [4.69, 9.17) is 0 Å². The molecule has 0 aliphatic carbocycles. The molecule has 100 valence electrons. The third-order valence-corrected chi connectivity index (χ3v) is 5.76. The molecule has 0 radical (unpaired) electrons. The molecular weight excluding hydrogens is 310 g/mol. The highest BCUT2D eigenvalue weighted by Gasteiger charge is 2.18. The smallest absolute Gasteiger partial charge is 0.213 e. The summed E-state index contributed by atoms with van der Waals surface area (Å²) in [7, 11) is 0. The van der Waals surface area contributed by atoms with E-state index in [0.717, 1.165) is 31.1 Å². The van der Waals surface area contributed by atoms with E-state index in [9.17, 15) is 5.11 Å². The monoisotopic (exact) mass is 319 g/mol. The molecule has 7 heteroatoms. The highest BCUT2D eigenvalue weighted by Crippen LogP contribution is 2.34. The van der Waals surface area contributed by atoms with Crippen LogP contribution in [0.4, 0.5) is 0 Å². The van der Waals surface area contributed by atoms with Crippen molar-refractivity contribution in [2.24, 2.45) is 0 Å². The zero-order valence-corrected chi connectivity index (χ0v) is 12.6. The predicted octanol–water partition coefficient (Wildman–Crippen LogP) is 3.74. The van der Waals surface area contributed by atoms with Crippen LogP contribution in [0, 0.1) is 0 Å². The molecule has 4 aromatic rings. The van der Waals surface area contributed by atoms with Gasteiger partial charge in [0.15, 0.2) is 5.01 Å². The van der Waals surface area contributed by atoms with E-state index in [2.05, 4.69) is 10.1 Å². The summed E-state index contributed by atoms with van der Waals surface area (Å²) in [6, 6.07) is 8.05. The number of fused-ring (bicyclic) bond motifs is 1. The first-order valence-electron chi connectivity index (χ1n) is 5.94. The topological polar surface area (TPSA) is 50.4 Å². The summed E-state index contributed by atoms with van der Waals surface area (Å²) in [5.74, 6) is 0. The van der Waals surface area contributed by atoms with E-state index in [1.165, 1.54) is 0 Å². The highest BCUT2D eigenvalue weighted by molar-refractivity contribution is 7.23. The molecule has 0 spiro atoms. The molecule has 20 heavy (non-hydrogen) atoms. The number of aliphatic hydroxyl groups is 1. The van der Waals surface area contributed by atoms with Crippen LogP contribution in [0.3, 0.4) is 0 Å². The molecule has 0 atom stereocenters. The van der Waals surface area contributed by atoms with Crippen LogP contribution in [-0.4, -0.2) is 19.7 Å². The summed E-state index contributed by atoms with van der Waals surface area (Å²) in [5, 5.41) is 19.2. The zero-order valence-electron chi connectivity index (χ0n) is 10.2. The summed E-state index contributed by atoms with van der Waals surface area (Å²) < 4.78 is 1.76. The number of thiophene rings is 2. The van der Waals surface area contributed by atoms with E-state index >= 15 is 0 Å². The van der Waals surface area contributed by atoms with Crippen LogP contribution in [-0.2, 0) is 6.61 Å². The van der Waals surface area contributed by atoms with Crippen molar-refractivity contribution in [1.29, 1.82) is 0 Å². The van der Waals surface area contributed by atoms with Gasteiger partial charge in [-0.05, 0) is 22.9 Å². The number of rotatable bonds is 3. The molecule has 0 aliphatic rings. The Morgan fingerprint density at radius 3 is 2.50 bits per heavy atom. The molecule has 4 rings (SSSR count). The van der Waals surface area contributed by atoms with E-state index in [-0.39, 0.29) is 6.61 Å². The second-order valence-corrected chi connectivity index (χ2v) is 6.97. The van der Waals surface area contributed by atoms with Crippen molar-refractivity contribution < 1.29 is 5.11 Å². The van der Waals surface area contributed by atoms with Crippen LogP contribution in [0.2, 0.25) is 0 Å². The average Bonchev–Trinajstić information content (AvgIpc) is 3.21. The summed E-state index contributed by atoms with van der Waals surface area (Å²) in [6.07, 6.45) is 0. The average molecular weight is 319 g/mol. The second-order valence-electron chi connectivity index (χ2n) is 4.12. The Bertz CT molecular complexity index is 843. The third-order valence-electron chi connectivity index (χ3n) is 2.93. The van der Waals surface area contributed by atoms with Crippen LogP contribution in [0.25, 0.3) is 25.4 Å². The van der Waals surface area contributed by atoms with Gasteiger partial charge in [0.1, 0.15) is 5.69 Å².